The van der Waals surface area contributed by atoms with Crippen molar-refractivity contribution in [1.82, 2.24) is 19.5 Å². The third kappa shape index (κ3) is 4.94. The fourth-order valence-corrected chi connectivity index (χ4v) is 7.71. The largest absolute Gasteiger partial charge is 0.456 e. The molecule has 0 aliphatic carbocycles. The normalized spacial score (nSPS) is 14.6. The lowest BCUT2D eigenvalue weighted by Gasteiger charge is -2.10. The monoisotopic (exact) mass is 741 g/mol. The van der Waals surface area contributed by atoms with Crippen molar-refractivity contribution in [2.75, 3.05) is 0 Å². The summed E-state index contributed by atoms with van der Waals surface area (Å²) in [5.41, 5.74) is 4.11. The molecule has 0 fully saturated rings. The lowest BCUT2D eigenvalue weighted by molar-refractivity contribution is 0.668. The first-order valence-electron chi connectivity index (χ1n) is 23.6. The van der Waals surface area contributed by atoms with Gasteiger partial charge in [-0.2, -0.15) is 0 Å². The number of benzene rings is 8. The van der Waals surface area contributed by atoms with Crippen molar-refractivity contribution in [3.63, 3.8) is 0 Å². The lowest BCUT2D eigenvalue weighted by Crippen LogP contribution is -2.00. The van der Waals surface area contributed by atoms with Crippen LogP contribution in [0.2, 0.25) is 0 Å². The number of hydrogen-bond donors (Lipinski definition) is 0. The van der Waals surface area contributed by atoms with Gasteiger partial charge in [-0.15, -0.1) is 0 Å². The molecule has 0 amide bonds. The highest BCUT2D eigenvalue weighted by molar-refractivity contribution is 6.15. The zero-order chi connectivity index (χ0) is 47.0. The van der Waals surface area contributed by atoms with Crippen LogP contribution in [0.4, 0.5) is 0 Å². The summed E-state index contributed by atoms with van der Waals surface area (Å²) in [5.74, 6) is 0.472. The first kappa shape index (κ1) is 22.5. The molecule has 57 heavy (non-hydrogen) atoms. The van der Waals surface area contributed by atoms with Crippen LogP contribution in [-0.4, -0.2) is 19.5 Å². The summed E-state index contributed by atoms with van der Waals surface area (Å²) in [6, 6.07) is 30.3. The minimum atomic E-state index is -0.583. The number of para-hydroxylation sites is 2. The van der Waals surface area contributed by atoms with Crippen LogP contribution >= 0.6 is 0 Å². The Labute approximate surface area is 341 Å². The Bertz CT molecular complexity index is 4170. The van der Waals surface area contributed by atoms with E-state index in [0.29, 0.717) is 22.3 Å². The van der Waals surface area contributed by atoms with Gasteiger partial charge in [0.2, 0.25) is 0 Å². The number of fused-ring (bicyclic) bond motifs is 9. The molecule has 0 N–H and O–H groups in total. The Morgan fingerprint density at radius 2 is 1.14 bits per heavy atom. The molecule has 0 aliphatic rings. The molecule has 6 nitrogen and oxygen atoms in total. The van der Waals surface area contributed by atoms with E-state index in [1.165, 1.54) is 22.8 Å². The van der Waals surface area contributed by atoms with Crippen molar-refractivity contribution in [2.24, 2.45) is 0 Å². The minimum absolute atomic E-state index is 0.0245. The summed E-state index contributed by atoms with van der Waals surface area (Å²) < 4.78 is 113. The number of furan rings is 2. The van der Waals surface area contributed by atoms with E-state index < -0.39 is 42.3 Å². The summed E-state index contributed by atoms with van der Waals surface area (Å²) in [6.45, 7) is 0. The van der Waals surface area contributed by atoms with Crippen molar-refractivity contribution in [1.29, 1.82) is 0 Å². The van der Waals surface area contributed by atoms with Gasteiger partial charge in [0.05, 0.1) is 37.2 Å². The zero-order valence-electron chi connectivity index (χ0n) is 40.6. The molecular formula is C51H30N4O2. The maximum atomic E-state index is 9.68. The maximum absolute atomic E-state index is 9.68. The predicted octanol–water partition coefficient (Wildman–Crippen LogP) is 13.4. The maximum Gasteiger partial charge on any atom is 0.164 e. The minimum Gasteiger partial charge on any atom is -0.456 e. The molecule has 0 unspecified atom stereocenters. The van der Waals surface area contributed by atoms with Gasteiger partial charge in [-0.25, -0.2) is 15.0 Å². The van der Waals surface area contributed by atoms with Gasteiger partial charge in [0, 0.05) is 43.6 Å². The second-order valence-corrected chi connectivity index (χ2v) is 13.5. The molecule has 4 heterocycles. The molecule has 0 aliphatic heterocycles. The summed E-state index contributed by atoms with van der Waals surface area (Å²) in [5, 5.41) is 1.95. The van der Waals surface area contributed by atoms with Crippen LogP contribution in [0.25, 0.3) is 117 Å². The molecule has 0 radical (unpaired) electrons. The first-order chi connectivity index (χ1) is 32.8. The summed E-state index contributed by atoms with van der Waals surface area (Å²) in [7, 11) is 0. The van der Waals surface area contributed by atoms with E-state index >= 15 is 0 Å². The quantitative estimate of drug-likeness (QED) is 0.176. The second-order valence-electron chi connectivity index (χ2n) is 13.5. The van der Waals surface area contributed by atoms with Gasteiger partial charge in [0.25, 0.3) is 0 Å². The third-order valence-corrected chi connectivity index (χ3v) is 10.3. The van der Waals surface area contributed by atoms with Crippen LogP contribution < -0.4 is 0 Å². The highest BCUT2D eigenvalue weighted by atomic mass is 16.3. The summed E-state index contributed by atoms with van der Waals surface area (Å²) in [4.78, 5) is 14.6. The smallest absolute Gasteiger partial charge is 0.164 e. The van der Waals surface area contributed by atoms with E-state index in [-0.39, 0.29) is 96.6 Å². The van der Waals surface area contributed by atoms with Crippen LogP contribution in [0.15, 0.2) is 191 Å². The first-order valence-corrected chi connectivity index (χ1v) is 18.1. The number of hydrogen-bond acceptors (Lipinski definition) is 5. The molecule has 0 saturated heterocycles. The molecule has 0 spiro atoms. The Morgan fingerprint density at radius 1 is 0.421 bits per heavy atom. The second kappa shape index (κ2) is 12.3. The molecule has 0 saturated carbocycles. The molecule has 8 aromatic carbocycles. The Kier molecular flexibility index (Phi) is 4.88. The van der Waals surface area contributed by atoms with Crippen LogP contribution in [0.5, 0.6) is 0 Å². The van der Waals surface area contributed by atoms with Crippen LogP contribution in [0.1, 0.15) is 15.1 Å². The van der Waals surface area contributed by atoms with Gasteiger partial charge in [-0.1, -0.05) is 127 Å². The predicted molar refractivity (Wildman–Crippen MR) is 230 cm³/mol. The number of rotatable bonds is 5. The standard InChI is InChI=1S/C51H30N4O2/c1-3-13-31(14-4-1)35-19-11-23-43-47(35)38-27-25-33(29-45(38)56-43)50-52-49(32-15-5-2-6-16-32)53-51(54-50)34-26-28-39-46(30-34)57-44-24-12-22-42(48(39)44)55-40-20-9-7-17-36(40)37-18-8-10-21-41(37)55/h1-30H/i7D,8D,9D,12D,17D,18D,20D,22D,24D,26D,30D. The third-order valence-electron chi connectivity index (χ3n) is 10.3. The average Bonchev–Trinajstić information content (AvgIpc) is 4.04. The van der Waals surface area contributed by atoms with Gasteiger partial charge in [-0.05, 0) is 65.6 Å². The molecule has 12 rings (SSSR count). The Morgan fingerprint density at radius 3 is 2.00 bits per heavy atom. The van der Waals surface area contributed by atoms with Gasteiger partial charge >= 0.3 is 0 Å². The summed E-state index contributed by atoms with van der Waals surface area (Å²) in [6.07, 6.45) is 0. The van der Waals surface area contributed by atoms with Gasteiger partial charge in [0.15, 0.2) is 17.5 Å². The molecule has 4 aromatic heterocycles. The van der Waals surface area contributed by atoms with Crippen LogP contribution in [0.3, 0.4) is 0 Å². The van der Waals surface area contributed by atoms with Gasteiger partial charge in [0.1, 0.15) is 22.3 Å². The average molecular weight is 742 g/mol. The van der Waals surface area contributed by atoms with E-state index in [0.717, 1.165) is 21.9 Å². The van der Waals surface area contributed by atoms with Crippen LogP contribution in [0, 0.1) is 0 Å². The van der Waals surface area contributed by atoms with Crippen molar-refractivity contribution < 1.29 is 23.9 Å². The highest BCUT2D eigenvalue weighted by Crippen LogP contribution is 2.41. The van der Waals surface area contributed by atoms with E-state index in [4.69, 9.17) is 34.8 Å². The highest BCUT2D eigenvalue weighted by Gasteiger charge is 2.20. The fraction of sp³-hybridized carbons (Fsp3) is 0. The Hall–Kier alpha value is -7.83. The van der Waals surface area contributed by atoms with Crippen molar-refractivity contribution in [3.8, 4) is 51.0 Å². The number of nitrogens with zero attached hydrogens (tertiary/aromatic N) is 4. The lowest BCUT2D eigenvalue weighted by atomic mass is 9.99. The summed E-state index contributed by atoms with van der Waals surface area (Å²) >= 11 is 0. The van der Waals surface area contributed by atoms with E-state index in [2.05, 4.69) is 18.2 Å². The van der Waals surface area contributed by atoms with Crippen molar-refractivity contribution in [3.05, 3.63) is 182 Å². The molecule has 266 valence electrons. The SMILES string of the molecule is [2H]c1cc2c(oc3c([2H])c([2H])c([2H])c(-n4c5ccc([2H])c([2H])c5c5c([2H])c([2H])c([2H])c([2H])c54)c32)c([2H])c1-c1nc(-c2ccccc2)nc(-c2ccc3c(c2)oc2cccc(-c4ccccc4)c23)n1. The van der Waals surface area contributed by atoms with Gasteiger partial charge < -0.3 is 13.4 Å². The fourth-order valence-electron chi connectivity index (χ4n) is 7.71. The van der Waals surface area contributed by atoms with Crippen molar-refractivity contribution in [2.45, 2.75) is 0 Å². The topological polar surface area (TPSA) is 69.9 Å². The van der Waals surface area contributed by atoms with E-state index in [1.54, 1.807) is 0 Å². The number of aromatic nitrogens is 4. The van der Waals surface area contributed by atoms with E-state index in [1.807, 2.05) is 78.9 Å². The van der Waals surface area contributed by atoms with Crippen molar-refractivity contribution >= 4 is 65.7 Å². The molecule has 12 aromatic rings. The Balaban J connectivity index is 1.11. The van der Waals surface area contributed by atoms with Gasteiger partial charge in [-0.3, -0.25) is 0 Å². The van der Waals surface area contributed by atoms with E-state index in [9.17, 15) is 4.11 Å². The molecule has 0 bridgehead atoms. The van der Waals surface area contributed by atoms with Crippen LogP contribution in [-0.2, 0) is 0 Å². The zero-order valence-corrected chi connectivity index (χ0v) is 29.6. The molecule has 6 heteroatoms. The molecular weight excluding hydrogens is 701 g/mol. The molecule has 0 atom stereocenters.